The van der Waals surface area contributed by atoms with E-state index in [0.29, 0.717) is 5.82 Å². The van der Waals surface area contributed by atoms with Crippen LogP contribution in [0.5, 0.6) is 0 Å². The molecule has 2 N–H and O–H groups in total. The molecule has 2 aromatic heterocycles. The third-order valence-electron chi connectivity index (χ3n) is 1.86. The van der Waals surface area contributed by atoms with Gasteiger partial charge in [-0.3, -0.25) is 9.63 Å². The van der Waals surface area contributed by atoms with E-state index in [2.05, 4.69) is 20.2 Å². The number of aliphatic carboxylic acids is 1. The van der Waals surface area contributed by atoms with Gasteiger partial charge in [0.25, 0.3) is 5.91 Å². The van der Waals surface area contributed by atoms with Crippen LogP contribution in [0.25, 0.3) is 10.7 Å². The van der Waals surface area contributed by atoms with Crippen molar-refractivity contribution in [1.82, 2.24) is 25.7 Å². The number of nitrogens with one attached hydrogen (secondary N) is 1. The third kappa shape index (κ3) is 3.82. The van der Waals surface area contributed by atoms with Crippen molar-refractivity contribution < 1.29 is 19.5 Å². The van der Waals surface area contributed by atoms with Gasteiger partial charge in [-0.05, 0) is 16.7 Å². The van der Waals surface area contributed by atoms with E-state index in [1.807, 2.05) is 23.0 Å². The molecule has 2 heterocycles. The highest BCUT2D eigenvalue weighted by molar-refractivity contribution is 7.13. The van der Waals surface area contributed by atoms with E-state index in [9.17, 15) is 9.59 Å². The van der Waals surface area contributed by atoms with E-state index in [0.717, 1.165) is 9.67 Å². The Morgan fingerprint density at radius 3 is 3.05 bits per heavy atom. The van der Waals surface area contributed by atoms with E-state index >= 15 is 0 Å². The largest absolute Gasteiger partial charge is 0.479 e. The number of carbonyl (C=O) groups is 2. The second kappa shape index (κ2) is 6.02. The van der Waals surface area contributed by atoms with Crippen molar-refractivity contribution in [2.24, 2.45) is 0 Å². The number of nitrogens with zero attached hydrogens (tertiary/aromatic N) is 4. The van der Waals surface area contributed by atoms with E-state index < -0.39 is 18.5 Å². The van der Waals surface area contributed by atoms with Gasteiger partial charge in [0.05, 0.1) is 4.88 Å². The average molecular weight is 283 g/mol. The van der Waals surface area contributed by atoms with E-state index in [-0.39, 0.29) is 6.54 Å². The Labute approximate surface area is 110 Å². The quantitative estimate of drug-likeness (QED) is 0.688. The second-order valence-electron chi connectivity index (χ2n) is 3.33. The van der Waals surface area contributed by atoms with Crippen LogP contribution in [0.1, 0.15) is 0 Å². The number of rotatable bonds is 6. The summed E-state index contributed by atoms with van der Waals surface area (Å²) >= 11 is 1.46. The minimum absolute atomic E-state index is 0.210. The monoisotopic (exact) mass is 283 g/mol. The van der Waals surface area contributed by atoms with Gasteiger partial charge in [0, 0.05) is 0 Å². The summed E-state index contributed by atoms with van der Waals surface area (Å²) in [5.74, 6) is -1.33. The Balaban J connectivity index is 1.86. The molecule has 100 valence electrons. The van der Waals surface area contributed by atoms with Crippen molar-refractivity contribution in [2.75, 3.05) is 6.61 Å². The van der Waals surface area contributed by atoms with Gasteiger partial charge in [0.2, 0.25) is 5.82 Å². The molecule has 0 unspecified atom stereocenters. The van der Waals surface area contributed by atoms with Crippen LogP contribution in [0.3, 0.4) is 0 Å². The molecule has 19 heavy (non-hydrogen) atoms. The van der Waals surface area contributed by atoms with Gasteiger partial charge >= 0.3 is 5.97 Å². The van der Waals surface area contributed by atoms with Crippen molar-refractivity contribution in [3.63, 3.8) is 0 Å². The first-order valence-electron chi connectivity index (χ1n) is 5.09. The van der Waals surface area contributed by atoms with Gasteiger partial charge in [-0.15, -0.1) is 21.5 Å². The number of carboxylic acid groups (broad SMARTS) is 1. The highest BCUT2D eigenvalue weighted by Crippen LogP contribution is 2.19. The van der Waals surface area contributed by atoms with Gasteiger partial charge in [0.1, 0.15) is 6.54 Å². The molecule has 0 aromatic carbocycles. The number of aromatic nitrogens is 4. The summed E-state index contributed by atoms with van der Waals surface area (Å²) in [6, 6.07) is 3.69. The van der Waals surface area contributed by atoms with Gasteiger partial charge in [-0.1, -0.05) is 6.07 Å². The Hall–Kier alpha value is -2.33. The molecule has 0 spiro atoms. The summed E-state index contributed by atoms with van der Waals surface area (Å²) < 4.78 is 0. The predicted octanol–water partition coefficient (Wildman–Crippen LogP) is -0.466. The molecule has 0 saturated carbocycles. The first kappa shape index (κ1) is 13.1. The summed E-state index contributed by atoms with van der Waals surface area (Å²) in [4.78, 5) is 27.8. The van der Waals surface area contributed by atoms with Crippen molar-refractivity contribution in [3.8, 4) is 10.7 Å². The lowest BCUT2D eigenvalue weighted by Gasteiger charge is -2.01. The van der Waals surface area contributed by atoms with Crippen LogP contribution in [-0.2, 0) is 21.0 Å². The fourth-order valence-electron chi connectivity index (χ4n) is 1.15. The smallest absolute Gasteiger partial charge is 0.332 e. The van der Waals surface area contributed by atoms with E-state index in [1.165, 1.54) is 11.3 Å². The van der Waals surface area contributed by atoms with Gasteiger partial charge in [-0.25, -0.2) is 10.3 Å². The highest BCUT2D eigenvalue weighted by atomic mass is 32.1. The van der Waals surface area contributed by atoms with Crippen LogP contribution >= 0.6 is 11.3 Å². The average Bonchev–Trinajstić information content (AvgIpc) is 2.97. The van der Waals surface area contributed by atoms with Crippen LogP contribution < -0.4 is 5.48 Å². The van der Waals surface area contributed by atoms with E-state index in [4.69, 9.17) is 5.11 Å². The number of carbonyl (C=O) groups excluding carboxylic acids is 1. The molecule has 0 fully saturated rings. The maximum atomic E-state index is 11.3. The highest BCUT2D eigenvalue weighted by Gasteiger charge is 2.10. The minimum atomic E-state index is -1.18. The van der Waals surface area contributed by atoms with Gasteiger partial charge in [-0.2, -0.15) is 4.80 Å². The lowest BCUT2D eigenvalue weighted by molar-refractivity contribution is -0.149. The molecule has 0 bridgehead atoms. The molecule has 0 radical (unpaired) electrons. The first-order chi connectivity index (χ1) is 9.15. The van der Waals surface area contributed by atoms with Gasteiger partial charge < -0.3 is 5.11 Å². The lowest BCUT2D eigenvalue weighted by Crippen LogP contribution is -2.30. The SMILES string of the molecule is O=C(O)CONC(=O)Cn1nnc(-c2cccs2)n1. The second-order valence-corrected chi connectivity index (χ2v) is 4.28. The summed E-state index contributed by atoms with van der Waals surface area (Å²) in [7, 11) is 0. The van der Waals surface area contributed by atoms with Crippen molar-refractivity contribution >= 4 is 23.2 Å². The Kier molecular flexibility index (Phi) is 4.15. The molecular weight excluding hydrogens is 274 g/mol. The van der Waals surface area contributed by atoms with Crippen LogP contribution in [0, 0.1) is 0 Å². The van der Waals surface area contributed by atoms with Crippen LogP contribution in [0.2, 0.25) is 0 Å². The maximum Gasteiger partial charge on any atom is 0.332 e. The molecule has 2 rings (SSSR count). The molecule has 9 nitrogen and oxygen atoms in total. The molecular formula is C9H9N5O4S. The van der Waals surface area contributed by atoms with Crippen molar-refractivity contribution in [3.05, 3.63) is 17.5 Å². The topological polar surface area (TPSA) is 119 Å². The Morgan fingerprint density at radius 2 is 2.37 bits per heavy atom. The lowest BCUT2D eigenvalue weighted by atomic mass is 10.5. The Bertz CT molecular complexity index is 567. The minimum Gasteiger partial charge on any atom is -0.479 e. The zero-order chi connectivity index (χ0) is 13.7. The van der Waals surface area contributed by atoms with Crippen LogP contribution in [0.4, 0.5) is 0 Å². The fraction of sp³-hybridized carbons (Fsp3) is 0.222. The number of carboxylic acids is 1. The zero-order valence-electron chi connectivity index (χ0n) is 9.52. The summed E-state index contributed by atoms with van der Waals surface area (Å²) in [5.41, 5.74) is 1.96. The van der Waals surface area contributed by atoms with E-state index in [1.54, 1.807) is 0 Å². The van der Waals surface area contributed by atoms with Crippen LogP contribution in [0.15, 0.2) is 17.5 Å². The molecule has 10 heteroatoms. The number of amides is 1. The van der Waals surface area contributed by atoms with Crippen molar-refractivity contribution in [1.29, 1.82) is 0 Å². The zero-order valence-corrected chi connectivity index (χ0v) is 10.3. The first-order valence-corrected chi connectivity index (χ1v) is 5.97. The van der Waals surface area contributed by atoms with Crippen molar-refractivity contribution in [2.45, 2.75) is 6.54 Å². The number of hydrogen-bond acceptors (Lipinski definition) is 7. The fourth-order valence-corrected chi connectivity index (χ4v) is 1.80. The molecule has 0 saturated heterocycles. The molecule has 1 amide bonds. The predicted molar refractivity (Wildman–Crippen MR) is 62.9 cm³/mol. The van der Waals surface area contributed by atoms with Gasteiger partial charge in [0.15, 0.2) is 6.61 Å². The third-order valence-corrected chi connectivity index (χ3v) is 2.73. The molecule has 2 aromatic rings. The Morgan fingerprint density at radius 1 is 1.53 bits per heavy atom. The molecule has 0 atom stereocenters. The number of tetrazole rings is 1. The number of hydrogen-bond donors (Lipinski definition) is 2. The number of thiophene rings is 1. The summed E-state index contributed by atoms with van der Waals surface area (Å²) in [6.07, 6.45) is 0. The molecule has 0 aliphatic heterocycles. The van der Waals surface area contributed by atoms with Crippen LogP contribution in [-0.4, -0.2) is 43.8 Å². The molecule has 0 aliphatic carbocycles. The summed E-state index contributed by atoms with van der Waals surface area (Å²) in [5, 5.41) is 21.7. The standard InChI is InChI=1S/C9H9N5O4S/c15-7(12-18-5-8(16)17)4-14-11-9(10-13-14)6-2-1-3-19-6/h1-3H,4-5H2,(H,12,15)(H,16,17). The number of hydroxylamine groups is 1. The normalized spacial score (nSPS) is 10.3. The maximum absolute atomic E-state index is 11.3. The summed E-state index contributed by atoms with van der Waals surface area (Å²) in [6.45, 7) is -0.824. The molecule has 0 aliphatic rings.